The van der Waals surface area contributed by atoms with Gasteiger partial charge in [-0.05, 0) is 25.1 Å². The van der Waals surface area contributed by atoms with E-state index in [4.69, 9.17) is 16.6 Å². The van der Waals surface area contributed by atoms with Crippen LogP contribution >= 0.6 is 0 Å². The summed E-state index contributed by atoms with van der Waals surface area (Å²) in [4.78, 5) is 11.5. The molecule has 0 spiro atoms. The molecule has 0 aliphatic heterocycles. The topological polar surface area (TPSA) is 69.6 Å². The molecule has 1 aromatic carbocycles. The standard InChI is InChI=1S/C11H11NO3/c1-3-7(2)12-11(15)8-4-5-9(13)10(14)6-8/h1,4-7,13-14H,2H3,(H,12,15). The lowest BCUT2D eigenvalue weighted by Crippen LogP contribution is -2.31. The average Bonchev–Trinajstić information content (AvgIpc) is 2.21. The van der Waals surface area contributed by atoms with Crippen LogP contribution in [0.15, 0.2) is 18.2 Å². The van der Waals surface area contributed by atoms with Crippen LogP contribution < -0.4 is 5.32 Å². The number of terminal acetylenes is 1. The summed E-state index contributed by atoms with van der Waals surface area (Å²) in [6.07, 6.45) is 5.10. The van der Waals surface area contributed by atoms with Crippen molar-refractivity contribution >= 4 is 5.91 Å². The molecule has 1 atom stereocenters. The van der Waals surface area contributed by atoms with E-state index >= 15 is 0 Å². The van der Waals surface area contributed by atoms with Crippen molar-refractivity contribution in [1.29, 1.82) is 0 Å². The number of hydrogen-bond acceptors (Lipinski definition) is 3. The quantitative estimate of drug-likeness (QED) is 0.495. The monoisotopic (exact) mass is 205 g/mol. The van der Waals surface area contributed by atoms with Crippen molar-refractivity contribution in [1.82, 2.24) is 5.32 Å². The van der Waals surface area contributed by atoms with E-state index in [1.54, 1.807) is 6.92 Å². The average molecular weight is 205 g/mol. The lowest BCUT2D eigenvalue weighted by atomic mass is 10.2. The van der Waals surface area contributed by atoms with Crippen molar-refractivity contribution in [2.75, 3.05) is 0 Å². The Kier molecular flexibility index (Phi) is 3.19. The van der Waals surface area contributed by atoms with E-state index in [-0.39, 0.29) is 23.1 Å². The summed E-state index contributed by atoms with van der Waals surface area (Å²) in [5.41, 5.74) is 0.243. The van der Waals surface area contributed by atoms with E-state index in [2.05, 4.69) is 11.2 Å². The van der Waals surface area contributed by atoms with Crippen LogP contribution in [0.25, 0.3) is 0 Å². The number of phenolic OH excluding ortho intramolecular Hbond substituents is 2. The molecule has 0 radical (unpaired) electrons. The minimum atomic E-state index is -0.393. The first-order valence-electron chi connectivity index (χ1n) is 4.33. The Labute approximate surface area is 87.6 Å². The lowest BCUT2D eigenvalue weighted by Gasteiger charge is -2.08. The minimum absolute atomic E-state index is 0.243. The van der Waals surface area contributed by atoms with E-state index < -0.39 is 5.91 Å². The number of amides is 1. The maximum absolute atomic E-state index is 11.5. The largest absolute Gasteiger partial charge is 0.504 e. The van der Waals surface area contributed by atoms with Gasteiger partial charge in [0.25, 0.3) is 5.91 Å². The molecule has 0 bridgehead atoms. The zero-order valence-corrected chi connectivity index (χ0v) is 8.19. The predicted octanol–water partition coefficient (Wildman–Crippen LogP) is 0.849. The van der Waals surface area contributed by atoms with Gasteiger partial charge in [0, 0.05) is 5.56 Å². The molecule has 0 heterocycles. The van der Waals surface area contributed by atoms with Crippen LogP contribution in [0.5, 0.6) is 11.5 Å². The van der Waals surface area contributed by atoms with Crippen molar-refractivity contribution in [3.63, 3.8) is 0 Å². The summed E-state index contributed by atoms with van der Waals surface area (Å²) < 4.78 is 0. The van der Waals surface area contributed by atoms with Gasteiger partial charge in [0.1, 0.15) is 0 Å². The van der Waals surface area contributed by atoms with Gasteiger partial charge in [-0.1, -0.05) is 5.92 Å². The molecule has 1 unspecified atom stereocenters. The van der Waals surface area contributed by atoms with Crippen molar-refractivity contribution in [2.24, 2.45) is 0 Å². The first-order valence-corrected chi connectivity index (χ1v) is 4.33. The molecule has 4 heteroatoms. The fraction of sp³-hybridized carbons (Fsp3) is 0.182. The predicted molar refractivity (Wildman–Crippen MR) is 55.5 cm³/mol. The molecular weight excluding hydrogens is 194 g/mol. The summed E-state index contributed by atoms with van der Waals surface area (Å²) in [5, 5.41) is 20.7. The second-order valence-corrected chi connectivity index (χ2v) is 3.07. The zero-order valence-electron chi connectivity index (χ0n) is 8.19. The normalized spacial score (nSPS) is 11.5. The van der Waals surface area contributed by atoms with Crippen LogP contribution in [0.1, 0.15) is 17.3 Å². The Hall–Kier alpha value is -2.15. The molecule has 3 N–H and O–H groups in total. The molecule has 15 heavy (non-hydrogen) atoms. The van der Waals surface area contributed by atoms with E-state index in [1.165, 1.54) is 18.2 Å². The van der Waals surface area contributed by atoms with Gasteiger partial charge < -0.3 is 15.5 Å². The third-order valence-electron chi connectivity index (χ3n) is 1.84. The Morgan fingerprint density at radius 1 is 1.47 bits per heavy atom. The van der Waals surface area contributed by atoms with Gasteiger partial charge in [0.2, 0.25) is 0 Å². The summed E-state index contributed by atoms with van der Waals surface area (Å²) in [7, 11) is 0. The highest BCUT2D eigenvalue weighted by Crippen LogP contribution is 2.24. The van der Waals surface area contributed by atoms with Crippen LogP contribution in [-0.4, -0.2) is 22.2 Å². The zero-order chi connectivity index (χ0) is 11.4. The van der Waals surface area contributed by atoms with Crippen LogP contribution in [0.3, 0.4) is 0 Å². The minimum Gasteiger partial charge on any atom is -0.504 e. The Bertz CT molecular complexity index is 420. The highest BCUT2D eigenvalue weighted by atomic mass is 16.3. The fourth-order valence-electron chi connectivity index (χ4n) is 0.986. The molecule has 0 saturated heterocycles. The smallest absolute Gasteiger partial charge is 0.252 e. The Morgan fingerprint density at radius 2 is 2.13 bits per heavy atom. The van der Waals surface area contributed by atoms with E-state index in [1.807, 2.05) is 0 Å². The number of carbonyl (C=O) groups excluding carboxylic acids is 1. The third-order valence-corrected chi connectivity index (χ3v) is 1.84. The van der Waals surface area contributed by atoms with Crippen LogP contribution in [0.4, 0.5) is 0 Å². The van der Waals surface area contributed by atoms with Crippen molar-refractivity contribution in [3.8, 4) is 23.8 Å². The molecule has 4 nitrogen and oxygen atoms in total. The molecule has 0 aliphatic carbocycles. The number of aromatic hydroxyl groups is 2. The molecular formula is C11H11NO3. The van der Waals surface area contributed by atoms with Crippen LogP contribution in [-0.2, 0) is 0 Å². The Balaban J connectivity index is 2.84. The molecule has 1 rings (SSSR count). The summed E-state index contributed by atoms with van der Waals surface area (Å²) in [5.74, 6) is 1.35. The molecule has 0 aliphatic rings. The number of carbonyl (C=O) groups is 1. The highest BCUT2D eigenvalue weighted by Gasteiger charge is 2.09. The van der Waals surface area contributed by atoms with Gasteiger partial charge in [-0.25, -0.2) is 0 Å². The van der Waals surface area contributed by atoms with Gasteiger partial charge in [0.15, 0.2) is 11.5 Å². The number of rotatable bonds is 2. The van der Waals surface area contributed by atoms with Gasteiger partial charge >= 0.3 is 0 Å². The number of phenols is 2. The molecule has 1 amide bonds. The maximum atomic E-state index is 11.5. The van der Waals surface area contributed by atoms with Gasteiger partial charge in [0.05, 0.1) is 6.04 Å². The molecule has 0 aromatic heterocycles. The fourth-order valence-corrected chi connectivity index (χ4v) is 0.986. The molecule has 0 saturated carbocycles. The number of benzene rings is 1. The summed E-state index contributed by atoms with van der Waals surface area (Å²) >= 11 is 0. The van der Waals surface area contributed by atoms with Gasteiger partial charge in [-0.15, -0.1) is 6.42 Å². The molecule has 78 valence electrons. The molecule has 1 aromatic rings. The van der Waals surface area contributed by atoms with Gasteiger partial charge in [-0.2, -0.15) is 0 Å². The lowest BCUT2D eigenvalue weighted by molar-refractivity contribution is 0.0947. The van der Waals surface area contributed by atoms with Crippen LogP contribution in [0, 0.1) is 12.3 Å². The van der Waals surface area contributed by atoms with Crippen molar-refractivity contribution in [3.05, 3.63) is 23.8 Å². The third kappa shape index (κ3) is 2.64. The second kappa shape index (κ2) is 4.38. The van der Waals surface area contributed by atoms with E-state index in [0.717, 1.165) is 0 Å². The summed E-state index contributed by atoms with van der Waals surface area (Å²) in [6.45, 7) is 1.66. The summed E-state index contributed by atoms with van der Waals surface area (Å²) in [6, 6.07) is 3.43. The first kappa shape index (κ1) is 10.9. The molecule has 0 fully saturated rings. The maximum Gasteiger partial charge on any atom is 0.252 e. The van der Waals surface area contributed by atoms with E-state index in [0.29, 0.717) is 0 Å². The Morgan fingerprint density at radius 3 is 2.67 bits per heavy atom. The van der Waals surface area contributed by atoms with Crippen molar-refractivity contribution < 1.29 is 15.0 Å². The van der Waals surface area contributed by atoms with E-state index in [9.17, 15) is 4.79 Å². The van der Waals surface area contributed by atoms with Crippen LogP contribution in [0.2, 0.25) is 0 Å². The second-order valence-electron chi connectivity index (χ2n) is 3.07. The SMILES string of the molecule is C#CC(C)NC(=O)c1ccc(O)c(O)c1. The first-order chi connectivity index (χ1) is 7.04. The highest BCUT2D eigenvalue weighted by molar-refractivity contribution is 5.95. The van der Waals surface area contributed by atoms with Gasteiger partial charge in [-0.3, -0.25) is 4.79 Å². The van der Waals surface area contributed by atoms with Crippen molar-refractivity contribution in [2.45, 2.75) is 13.0 Å². The number of nitrogens with one attached hydrogen (secondary N) is 1. The number of hydrogen-bond donors (Lipinski definition) is 3.